The van der Waals surface area contributed by atoms with E-state index < -0.39 is 11.8 Å². The first-order chi connectivity index (χ1) is 21.4. The SMILES string of the molecule is [C-]#[N+]c1ccc2c(c1)OCCc1cc(c(F)cc1Cc1nc3ccc(C(=O)O)cc3n1C[C@@H]1CCO1)-c1cccc(n1)OC2. The second-order valence-electron chi connectivity index (χ2n) is 10.9. The summed E-state index contributed by atoms with van der Waals surface area (Å²) in [6, 6.07) is 18.7. The summed E-state index contributed by atoms with van der Waals surface area (Å²) in [5.74, 6) is 0.144. The third-order valence-corrected chi connectivity index (χ3v) is 8.08. The minimum atomic E-state index is -1.02. The standard InChI is InChI=1S/C34H27FN4O5/c1-36-24-7-5-22-19-44-33-4-2-3-28(38-33)26-13-20(9-11-43-31(22)17-24)23(14-27(26)35)16-32-37-29-8-6-21(34(40)41)15-30(29)39(32)18-25-10-12-42-25/h2-8,13-15,17,25H,9-12,16,18-19H2,(H,40,41)/t25-/m0/s1. The van der Waals surface area contributed by atoms with Gasteiger partial charge in [-0.25, -0.2) is 24.0 Å². The monoisotopic (exact) mass is 590 g/mol. The van der Waals surface area contributed by atoms with Crippen LogP contribution >= 0.6 is 0 Å². The van der Waals surface area contributed by atoms with Crippen molar-refractivity contribution in [2.75, 3.05) is 13.2 Å². The molecule has 9 nitrogen and oxygen atoms in total. The Balaban J connectivity index is 1.31. The summed E-state index contributed by atoms with van der Waals surface area (Å²) < 4.78 is 35.7. The first kappa shape index (κ1) is 27.6. The molecule has 1 fully saturated rings. The van der Waals surface area contributed by atoms with Crippen LogP contribution in [0.2, 0.25) is 0 Å². The van der Waals surface area contributed by atoms with Crippen molar-refractivity contribution in [2.24, 2.45) is 0 Å². The molecule has 7 rings (SSSR count). The highest BCUT2D eigenvalue weighted by Gasteiger charge is 2.24. The van der Waals surface area contributed by atoms with Crippen molar-refractivity contribution < 1.29 is 28.5 Å². The molecule has 1 saturated heterocycles. The van der Waals surface area contributed by atoms with E-state index in [-0.39, 0.29) is 24.9 Å². The second-order valence-corrected chi connectivity index (χ2v) is 10.9. The van der Waals surface area contributed by atoms with Gasteiger partial charge < -0.3 is 23.9 Å². The highest BCUT2D eigenvalue weighted by Crippen LogP contribution is 2.32. The number of carboxylic acid groups (broad SMARTS) is 1. The van der Waals surface area contributed by atoms with Gasteiger partial charge in [-0.3, -0.25) is 0 Å². The Morgan fingerprint density at radius 1 is 1.05 bits per heavy atom. The molecule has 44 heavy (non-hydrogen) atoms. The lowest BCUT2D eigenvalue weighted by Gasteiger charge is -2.27. The van der Waals surface area contributed by atoms with Crippen LogP contribution in [-0.4, -0.2) is 44.9 Å². The van der Waals surface area contributed by atoms with Gasteiger partial charge in [0, 0.05) is 36.6 Å². The lowest BCUT2D eigenvalue weighted by Crippen LogP contribution is -2.31. The Morgan fingerprint density at radius 3 is 2.73 bits per heavy atom. The summed E-state index contributed by atoms with van der Waals surface area (Å²) in [5.41, 5.74) is 5.16. The van der Waals surface area contributed by atoms with Gasteiger partial charge in [-0.2, -0.15) is 0 Å². The van der Waals surface area contributed by atoms with Crippen LogP contribution in [0.15, 0.2) is 66.7 Å². The predicted molar refractivity (Wildman–Crippen MR) is 160 cm³/mol. The number of hydrogen-bond acceptors (Lipinski definition) is 6. The van der Waals surface area contributed by atoms with Crippen molar-refractivity contribution in [3.63, 3.8) is 0 Å². The van der Waals surface area contributed by atoms with Crippen LogP contribution < -0.4 is 9.47 Å². The molecule has 1 atom stereocenters. The minimum Gasteiger partial charge on any atom is -0.494 e. The molecule has 2 aliphatic rings. The number of halogens is 1. The van der Waals surface area contributed by atoms with E-state index in [1.54, 1.807) is 48.5 Å². The van der Waals surface area contributed by atoms with Gasteiger partial charge in [0.2, 0.25) is 5.88 Å². The number of carboxylic acids is 1. The zero-order valence-corrected chi connectivity index (χ0v) is 23.6. The zero-order valence-electron chi connectivity index (χ0n) is 23.6. The molecule has 220 valence electrons. The smallest absolute Gasteiger partial charge is 0.335 e. The number of pyridine rings is 1. The summed E-state index contributed by atoms with van der Waals surface area (Å²) in [6.45, 7) is 9.08. The van der Waals surface area contributed by atoms with Gasteiger partial charge >= 0.3 is 5.97 Å². The number of carbonyl (C=O) groups is 1. The maximum atomic E-state index is 15.8. The number of aromatic nitrogens is 3. The number of imidazole rings is 1. The molecule has 4 bridgehead atoms. The molecule has 0 amide bonds. The van der Waals surface area contributed by atoms with Gasteiger partial charge in [0.15, 0.2) is 5.69 Å². The van der Waals surface area contributed by atoms with Gasteiger partial charge in [0.05, 0.1) is 48.1 Å². The van der Waals surface area contributed by atoms with E-state index in [1.165, 1.54) is 12.1 Å². The van der Waals surface area contributed by atoms with Gasteiger partial charge in [-0.1, -0.05) is 18.2 Å². The molecule has 0 radical (unpaired) electrons. The fourth-order valence-electron chi connectivity index (χ4n) is 5.63. The first-order valence-electron chi connectivity index (χ1n) is 14.3. The van der Waals surface area contributed by atoms with Crippen molar-refractivity contribution >= 4 is 22.7 Å². The molecular formula is C34H27FN4O5. The fraction of sp³-hybridized carbons (Fsp3) is 0.235. The number of benzene rings is 3. The lowest BCUT2D eigenvalue weighted by atomic mass is 9.96. The van der Waals surface area contributed by atoms with Crippen LogP contribution in [0.5, 0.6) is 11.6 Å². The molecule has 0 aliphatic carbocycles. The second kappa shape index (κ2) is 11.4. The molecule has 0 unspecified atom stereocenters. The lowest BCUT2D eigenvalue weighted by molar-refractivity contribution is -0.0589. The highest BCUT2D eigenvalue weighted by atomic mass is 19.1. The summed E-state index contributed by atoms with van der Waals surface area (Å²) in [4.78, 5) is 24.7. The summed E-state index contributed by atoms with van der Waals surface area (Å²) >= 11 is 0. The van der Waals surface area contributed by atoms with E-state index in [9.17, 15) is 9.90 Å². The topological polar surface area (TPSA) is 100 Å². The number of aromatic carboxylic acids is 1. The quantitative estimate of drug-likeness (QED) is 0.237. The van der Waals surface area contributed by atoms with E-state index in [2.05, 4.69) is 9.83 Å². The van der Waals surface area contributed by atoms with Crippen molar-refractivity contribution in [3.8, 4) is 22.9 Å². The molecule has 2 aliphatic heterocycles. The van der Waals surface area contributed by atoms with E-state index in [4.69, 9.17) is 25.8 Å². The van der Waals surface area contributed by atoms with Crippen LogP contribution in [0.3, 0.4) is 0 Å². The molecular weight excluding hydrogens is 563 g/mol. The number of ether oxygens (including phenoxy) is 3. The molecule has 10 heteroatoms. The van der Waals surface area contributed by atoms with Gasteiger partial charge in [0.1, 0.15) is 24.0 Å². The Kier molecular flexibility index (Phi) is 7.16. The van der Waals surface area contributed by atoms with Crippen LogP contribution in [0.1, 0.15) is 39.3 Å². The maximum absolute atomic E-state index is 15.8. The Morgan fingerprint density at radius 2 is 1.93 bits per heavy atom. The third-order valence-electron chi connectivity index (χ3n) is 8.08. The summed E-state index contributed by atoms with van der Waals surface area (Å²) in [7, 11) is 0. The van der Waals surface area contributed by atoms with Crippen molar-refractivity contribution in [1.82, 2.24) is 14.5 Å². The van der Waals surface area contributed by atoms with Crippen LogP contribution in [0, 0.1) is 12.4 Å². The van der Waals surface area contributed by atoms with Gasteiger partial charge in [-0.15, -0.1) is 0 Å². The van der Waals surface area contributed by atoms with Crippen LogP contribution in [0.25, 0.3) is 27.1 Å². The number of fused-ring (bicyclic) bond motifs is 7. The molecule has 1 N–H and O–H groups in total. The third kappa shape index (κ3) is 5.34. The summed E-state index contributed by atoms with van der Waals surface area (Å²) in [6.07, 6.45) is 1.67. The Bertz CT molecular complexity index is 1960. The van der Waals surface area contributed by atoms with Crippen LogP contribution in [-0.2, 0) is 30.7 Å². The average molecular weight is 591 g/mol. The van der Waals surface area contributed by atoms with Crippen LogP contribution in [0.4, 0.5) is 10.1 Å². The number of nitrogens with zero attached hydrogens (tertiary/aromatic N) is 4. The van der Waals surface area contributed by atoms with E-state index in [1.807, 2.05) is 10.6 Å². The van der Waals surface area contributed by atoms with E-state index >= 15 is 4.39 Å². The molecule has 3 aromatic carbocycles. The highest BCUT2D eigenvalue weighted by molar-refractivity contribution is 5.92. The Labute approximate surface area is 252 Å². The van der Waals surface area contributed by atoms with Gasteiger partial charge in [0.25, 0.3) is 0 Å². The molecule has 2 aromatic heterocycles. The molecule has 5 aromatic rings. The first-order valence-corrected chi connectivity index (χ1v) is 14.3. The van der Waals surface area contributed by atoms with E-state index in [0.717, 1.165) is 23.1 Å². The Hall–Kier alpha value is -5.27. The average Bonchev–Trinajstić information content (AvgIpc) is 3.34. The molecule has 0 saturated carbocycles. The van der Waals surface area contributed by atoms with E-state index in [0.29, 0.717) is 71.4 Å². The fourth-order valence-corrected chi connectivity index (χ4v) is 5.63. The summed E-state index contributed by atoms with van der Waals surface area (Å²) in [5, 5.41) is 9.60. The predicted octanol–water partition coefficient (Wildman–Crippen LogP) is 6.38. The molecule has 0 spiro atoms. The maximum Gasteiger partial charge on any atom is 0.335 e. The number of rotatable bonds is 5. The molecule has 4 heterocycles. The minimum absolute atomic E-state index is 0.00193. The van der Waals surface area contributed by atoms with Crippen molar-refractivity contribution in [2.45, 2.75) is 38.5 Å². The normalized spacial score (nSPS) is 15.8. The van der Waals surface area contributed by atoms with Crippen molar-refractivity contribution in [1.29, 1.82) is 0 Å². The number of hydrogen-bond donors (Lipinski definition) is 1. The van der Waals surface area contributed by atoms with Crippen molar-refractivity contribution in [3.05, 3.63) is 112 Å². The van der Waals surface area contributed by atoms with Gasteiger partial charge in [-0.05, 0) is 60.0 Å². The zero-order chi connectivity index (χ0) is 30.2. The largest absolute Gasteiger partial charge is 0.494 e.